The highest BCUT2D eigenvalue weighted by Gasteiger charge is 2.22. The fourth-order valence-corrected chi connectivity index (χ4v) is 4.54. The van der Waals surface area contributed by atoms with Crippen molar-refractivity contribution in [2.45, 2.75) is 24.8 Å². The molecule has 0 atom stereocenters. The van der Waals surface area contributed by atoms with Crippen molar-refractivity contribution in [2.75, 3.05) is 13.2 Å². The molecule has 2 aromatic heterocycles. The maximum atomic E-state index is 12.6. The van der Waals surface area contributed by atoms with Crippen LogP contribution in [0.25, 0.3) is 10.6 Å². The molecule has 1 aliphatic heterocycles. The van der Waals surface area contributed by atoms with Gasteiger partial charge in [0.15, 0.2) is 11.5 Å². The van der Waals surface area contributed by atoms with E-state index in [1.807, 2.05) is 18.6 Å². The summed E-state index contributed by atoms with van der Waals surface area (Å²) in [6, 6.07) is 6.66. The van der Waals surface area contributed by atoms with Crippen molar-refractivity contribution in [3.8, 4) is 27.8 Å². The SMILES string of the molecule is CC(C)Oc1cncc(S(=O)(=O)NC(=O)c2csc(-c3ccc4c(c3)OCCO4)n2)c1. The summed E-state index contributed by atoms with van der Waals surface area (Å²) in [5.74, 6) is 0.700. The van der Waals surface area contributed by atoms with Gasteiger partial charge >= 0.3 is 0 Å². The molecular weight excluding hydrogens is 442 g/mol. The van der Waals surface area contributed by atoms with Crippen molar-refractivity contribution in [2.24, 2.45) is 0 Å². The molecule has 0 fully saturated rings. The second kappa shape index (κ2) is 8.52. The van der Waals surface area contributed by atoms with E-state index in [1.165, 1.54) is 29.0 Å². The predicted molar refractivity (Wildman–Crippen MR) is 113 cm³/mol. The highest BCUT2D eigenvalue weighted by Crippen LogP contribution is 2.35. The average molecular weight is 462 g/mol. The molecule has 1 N–H and O–H groups in total. The molecule has 3 heterocycles. The summed E-state index contributed by atoms with van der Waals surface area (Å²) >= 11 is 1.22. The summed E-state index contributed by atoms with van der Waals surface area (Å²) in [6.07, 6.45) is 2.40. The Balaban J connectivity index is 1.51. The Kier molecular flexibility index (Phi) is 5.79. The van der Waals surface area contributed by atoms with Gasteiger partial charge in [0.25, 0.3) is 15.9 Å². The lowest BCUT2D eigenvalue weighted by atomic mass is 10.2. The highest BCUT2D eigenvalue weighted by atomic mass is 32.2. The lowest BCUT2D eigenvalue weighted by Crippen LogP contribution is -2.31. The van der Waals surface area contributed by atoms with E-state index >= 15 is 0 Å². The van der Waals surface area contributed by atoms with E-state index in [1.54, 1.807) is 18.2 Å². The minimum absolute atomic E-state index is 0.0130. The number of ether oxygens (including phenoxy) is 3. The number of hydrogen-bond donors (Lipinski definition) is 1. The van der Waals surface area contributed by atoms with Crippen molar-refractivity contribution in [3.63, 3.8) is 0 Å². The molecule has 0 saturated carbocycles. The summed E-state index contributed by atoms with van der Waals surface area (Å²) < 4.78 is 43.8. The summed E-state index contributed by atoms with van der Waals surface area (Å²) in [6.45, 7) is 4.57. The van der Waals surface area contributed by atoms with E-state index in [0.29, 0.717) is 35.5 Å². The first-order valence-corrected chi connectivity index (χ1v) is 11.7. The molecule has 0 unspecified atom stereocenters. The quantitative estimate of drug-likeness (QED) is 0.596. The first-order chi connectivity index (χ1) is 14.8. The Morgan fingerprint density at radius 1 is 1.16 bits per heavy atom. The molecule has 1 amide bonds. The van der Waals surface area contributed by atoms with Crippen LogP contribution in [0, 0.1) is 0 Å². The normalized spacial score (nSPS) is 13.1. The number of nitrogens with one attached hydrogen (secondary N) is 1. The van der Waals surface area contributed by atoms with Gasteiger partial charge in [-0.3, -0.25) is 9.78 Å². The molecule has 31 heavy (non-hydrogen) atoms. The van der Waals surface area contributed by atoms with E-state index in [4.69, 9.17) is 14.2 Å². The monoisotopic (exact) mass is 461 g/mol. The minimum atomic E-state index is -4.15. The zero-order valence-corrected chi connectivity index (χ0v) is 18.3. The highest BCUT2D eigenvalue weighted by molar-refractivity contribution is 7.90. The number of fused-ring (bicyclic) bond motifs is 1. The third-order valence-electron chi connectivity index (χ3n) is 4.12. The number of amides is 1. The van der Waals surface area contributed by atoms with Gasteiger partial charge in [0.1, 0.15) is 34.6 Å². The number of carbonyl (C=O) groups excluding carboxylic acids is 1. The van der Waals surface area contributed by atoms with Gasteiger partial charge in [-0.05, 0) is 32.0 Å². The number of pyridine rings is 1. The molecular formula is C20H19N3O6S2. The molecule has 0 aliphatic carbocycles. The van der Waals surface area contributed by atoms with Crippen molar-refractivity contribution >= 4 is 27.3 Å². The van der Waals surface area contributed by atoms with E-state index in [-0.39, 0.29) is 16.7 Å². The van der Waals surface area contributed by atoms with Crippen LogP contribution in [0.5, 0.6) is 17.2 Å². The number of sulfonamides is 1. The Labute approximate surface area is 183 Å². The first kappa shape index (κ1) is 21.1. The summed E-state index contributed by atoms with van der Waals surface area (Å²) in [7, 11) is -4.15. The number of hydrogen-bond acceptors (Lipinski definition) is 9. The van der Waals surface area contributed by atoms with Gasteiger partial charge in [0, 0.05) is 23.2 Å². The average Bonchev–Trinajstić information content (AvgIpc) is 3.23. The molecule has 162 valence electrons. The number of thiazole rings is 1. The van der Waals surface area contributed by atoms with E-state index < -0.39 is 15.9 Å². The molecule has 3 aromatic rings. The molecule has 4 rings (SSSR count). The fraction of sp³-hybridized carbons (Fsp3) is 0.250. The van der Waals surface area contributed by atoms with Gasteiger partial charge in [0.2, 0.25) is 0 Å². The van der Waals surface area contributed by atoms with Crippen LogP contribution in [-0.2, 0) is 10.0 Å². The number of rotatable bonds is 6. The largest absolute Gasteiger partial charge is 0.489 e. The minimum Gasteiger partial charge on any atom is -0.489 e. The number of nitrogens with zero attached hydrogens (tertiary/aromatic N) is 2. The van der Waals surface area contributed by atoms with Crippen LogP contribution >= 0.6 is 11.3 Å². The summed E-state index contributed by atoms with van der Waals surface area (Å²) in [5, 5.41) is 2.04. The van der Waals surface area contributed by atoms with Crippen LogP contribution in [0.4, 0.5) is 0 Å². The third kappa shape index (κ3) is 4.78. The van der Waals surface area contributed by atoms with Crippen LogP contribution in [0.3, 0.4) is 0 Å². The van der Waals surface area contributed by atoms with E-state index in [2.05, 4.69) is 9.97 Å². The number of benzene rings is 1. The van der Waals surface area contributed by atoms with E-state index in [9.17, 15) is 13.2 Å². The van der Waals surface area contributed by atoms with Crippen LogP contribution in [-0.4, -0.2) is 43.6 Å². The van der Waals surface area contributed by atoms with Crippen molar-refractivity contribution in [1.82, 2.24) is 14.7 Å². The number of carbonyl (C=O) groups is 1. The second-order valence-corrected chi connectivity index (χ2v) is 9.39. The third-order valence-corrected chi connectivity index (χ3v) is 6.31. The molecule has 0 saturated heterocycles. The Bertz CT molecular complexity index is 1220. The lowest BCUT2D eigenvalue weighted by molar-refractivity contribution is 0.0977. The molecule has 0 radical (unpaired) electrons. The number of aromatic nitrogens is 2. The smallest absolute Gasteiger partial charge is 0.284 e. The van der Waals surface area contributed by atoms with Crippen LogP contribution in [0.1, 0.15) is 24.3 Å². The second-order valence-electron chi connectivity index (χ2n) is 6.85. The Morgan fingerprint density at radius 3 is 2.71 bits per heavy atom. The topological polar surface area (TPSA) is 117 Å². The van der Waals surface area contributed by atoms with Crippen LogP contribution < -0.4 is 18.9 Å². The molecule has 0 spiro atoms. The lowest BCUT2D eigenvalue weighted by Gasteiger charge is -2.18. The molecule has 1 aromatic carbocycles. The summed E-state index contributed by atoms with van der Waals surface area (Å²) in [5.41, 5.74) is 0.722. The molecule has 1 aliphatic rings. The van der Waals surface area contributed by atoms with E-state index in [0.717, 1.165) is 11.8 Å². The van der Waals surface area contributed by atoms with Crippen LogP contribution in [0.2, 0.25) is 0 Å². The van der Waals surface area contributed by atoms with Crippen molar-refractivity contribution in [1.29, 1.82) is 0 Å². The fourth-order valence-electron chi connectivity index (χ4n) is 2.80. The zero-order valence-electron chi connectivity index (χ0n) is 16.7. The Hall–Kier alpha value is -3.18. The van der Waals surface area contributed by atoms with Gasteiger partial charge in [-0.15, -0.1) is 11.3 Å². The van der Waals surface area contributed by atoms with Crippen molar-refractivity contribution in [3.05, 3.63) is 47.7 Å². The molecule has 11 heteroatoms. The standard InChI is InChI=1S/C20H19N3O6S2/c1-12(2)29-14-8-15(10-21-9-14)31(25,26)23-19(24)16-11-30-20(22-16)13-3-4-17-18(7-13)28-6-5-27-17/h3-4,7-12H,5-6H2,1-2H3,(H,23,24). The van der Waals surface area contributed by atoms with Gasteiger partial charge in [0.05, 0.1) is 12.3 Å². The van der Waals surface area contributed by atoms with Gasteiger partial charge in [-0.25, -0.2) is 18.1 Å². The molecule has 9 nitrogen and oxygen atoms in total. The van der Waals surface area contributed by atoms with Crippen molar-refractivity contribution < 1.29 is 27.4 Å². The maximum absolute atomic E-state index is 12.6. The first-order valence-electron chi connectivity index (χ1n) is 9.36. The van der Waals surface area contributed by atoms with Crippen LogP contribution in [0.15, 0.2) is 46.9 Å². The summed E-state index contributed by atoms with van der Waals surface area (Å²) in [4.78, 5) is 20.5. The Morgan fingerprint density at radius 2 is 1.94 bits per heavy atom. The zero-order chi connectivity index (χ0) is 22.0. The van der Waals surface area contributed by atoms with Gasteiger partial charge < -0.3 is 14.2 Å². The maximum Gasteiger partial charge on any atom is 0.284 e. The molecule has 0 bridgehead atoms. The predicted octanol–water partition coefficient (Wildman–Crippen LogP) is 2.88. The van der Waals surface area contributed by atoms with Gasteiger partial charge in [-0.1, -0.05) is 0 Å². The van der Waals surface area contributed by atoms with Gasteiger partial charge in [-0.2, -0.15) is 0 Å².